The number of amides is 1. The Morgan fingerprint density at radius 3 is 2.76 bits per heavy atom. The normalized spacial score (nSPS) is 12.4. The minimum absolute atomic E-state index is 0.0539. The van der Waals surface area contributed by atoms with Crippen molar-refractivity contribution in [3.8, 4) is 5.69 Å². The zero-order valence-corrected chi connectivity index (χ0v) is 15.1. The molecular weight excluding hydrogens is 391 g/mol. The highest BCUT2D eigenvalue weighted by Gasteiger charge is 2.35. The fourth-order valence-corrected chi connectivity index (χ4v) is 2.70. The lowest BCUT2D eigenvalue weighted by molar-refractivity contribution is -0.143. The number of H-pyrrole nitrogens is 1. The zero-order chi connectivity index (χ0) is 21.0. The number of halogens is 3. The second-order valence-electron chi connectivity index (χ2n) is 6.01. The summed E-state index contributed by atoms with van der Waals surface area (Å²) in [5, 5.41) is 6.21. The molecular formula is C18H16F3N5O3. The number of carbonyl (C=O) groups is 2. The molecule has 2 N–H and O–H groups in total. The highest BCUT2D eigenvalue weighted by molar-refractivity contribution is 5.97. The highest BCUT2D eigenvalue weighted by Crippen LogP contribution is 2.30. The number of hydrogen-bond acceptors (Lipinski definition) is 5. The van der Waals surface area contributed by atoms with Crippen LogP contribution in [0.5, 0.6) is 0 Å². The molecule has 3 rings (SSSR count). The number of ether oxygens (including phenoxy) is 1. The van der Waals surface area contributed by atoms with Crippen molar-refractivity contribution in [3.05, 3.63) is 66.0 Å². The number of nitrogens with one attached hydrogen (secondary N) is 2. The van der Waals surface area contributed by atoms with Crippen LogP contribution < -0.4 is 5.32 Å². The molecule has 0 saturated carbocycles. The number of rotatable bonds is 6. The van der Waals surface area contributed by atoms with Crippen LogP contribution in [-0.2, 0) is 22.1 Å². The third-order valence-electron chi connectivity index (χ3n) is 4.06. The Labute approximate surface area is 162 Å². The van der Waals surface area contributed by atoms with Gasteiger partial charge >= 0.3 is 12.1 Å². The Hall–Kier alpha value is -3.63. The number of methoxy groups -OCH3 is 1. The average molecular weight is 407 g/mol. The molecule has 8 nitrogen and oxygen atoms in total. The van der Waals surface area contributed by atoms with Gasteiger partial charge in [0.25, 0.3) is 5.91 Å². The van der Waals surface area contributed by atoms with Gasteiger partial charge in [0.15, 0.2) is 0 Å². The van der Waals surface area contributed by atoms with Crippen LogP contribution >= 0.6 is 0 Å². The number of alkyl halides is 3. The largest absolute Gasteiger partial charge is 0.467 e. The summed E-state index contributed by atoms with van der Waals surface area (Å²) in [6.45, 7) is 0. The summed E-state index contributed by atoms with van der Waals surface area (Å²) in [6, 6.07) is 5.31. The van der Waals surface area contributed by atoms with Crippen molar-refractivity contribution in [1.29, 1.82) is 0 Å². The molecule has 11 heteroatoms. The van der Waals surface area contributed by atoms with Gasteiger partial charge in [0.2, 0.25) is 0 Å². The van der Waals surface area contributed by atoms with Crippen LogP contribution in [0.2, 0.25) is 0 Å². The van der Waals surface area contributed by atoms with Gasteiger partial charge in [0, 0.05) is 23.9 Å². The standard InChI is InChI=1S/C18H16F3N5O3/c1-29-17(28)14(8-12-9-22-10-23-12)25-16(27)11-3-2-4-13(7-11)26-15(5-6-24-26)18(19,20)21/h2-7,9-10,14H,8H2,1H3,(H,22,23)(H,25,27)/t14-/m0/s1. The van der Waals surface area contributed by atoms with E-state index in [0.717, 1.165) is 12.3 Å². The maximum atomic E-state index is 13.1. The SMILES string of the molecule is COC(=O)[C@H](Cc1cnc[nH]1)NC(=O)c1cccc(-n2nccc2C(F)(F)F)c1. The molecule has 0 aliphatic rings. The minimum Gasteiger partial charge on any atom is -0.467 e. The van der Waals surface area contributed by atoms with Gasteiger partial charge in [-0.05, 0) is 24.3 Å². The number of aromatic amines is 1. The van der Waals surface area contributed by atoms with Crippen molar-refractivity contribution in [2.24, 2.45) is 0 Å². The van der Waals surface area contributed by atoms with Crippen molar-refractivity contribution in [2.45, 2.75) is 18.6 Å². The first-order chi connectivity index (χ1) is 13.8. The molecule has 29 heavy (non-hydrogen) atoms. The topological polar surface area (TPSA) is 102 Å². The molecule has 0 bridgehead atoms. The Morgan fingerprint density at radius 2 is 2.10 bits per heavy atom. The first kappa shape index (κ1) is 20.1. The van der Waals surface area contributed by atoms with Gasteiger partial charge in [0.1, 0.15) is 11.7 Å². The summed E-state index contributed by atoms with van der Waals surface area (Å²) in [6.07, 6.45) is -0.548. The molecule has 1 amide bonds. The number of imidazole rings is 1. The summed E-state index contributed by atoms with van der Waals surface area (Å²) >= 11 is 0. The maximum absolute atomic E-state index is 13.1. The molecule has 0 saturated heterocycles. The lowest BCUT2D eigenvalue weighted by atomic mass is 10.1. The molecule has 0 radical (unpaired) electrons. The van der Waals surface area contributed by atoms with Crippen molar-refractivity contribution in [3.63, 3.8) is 0 Å². The number of carbonyl (C=O) groups excluding carboxylic acids is 2. The van der Waals surface area contributed by atoms with E-state index >= 15 is 0 Å². The number of benzene rings is 1. The second-order valence-corrected chi connectivity index (χ2v) is 6.01. The maximum Gasteiger partial charge on any atom is 0.433 e. The number of hydrogen-bond donors (Lipinski definition) is 2. The number of aromatic nitrogens is 4. The van der Waals surface area contributed by atoms with E-state index in [1.54, 1.807) is 0 Å². The van der Waals surface area contributed by atoms with Gasteiger partial charge in [-0.2, -0.15) is 18.3 Å². The molecule has 3 aromatic rings. The van der Waals surface area contributed by atoms with Gasteiger partial charge in [-0.15, -0.1) is 0 Å². The smallest absolute Gasteiger partial charge is 0.433 e. The fraction of sp³-hybridized carbons (Fsp3) is 0.222. The molecule has 1 atom stereocenters. The molecule has 152 valence electrons. The van der Waals surface area contributed by atoms with Gasteiger partial charge in [0.05, 0.1) is 25.3 Å². The summed E-state index contributed by atoms with van der Waals surface area (Å²) in [5.74, 6) is -1.32. The van der Waals surface area contributed by atoms with E-state index < -0.39 is 29.8 Å². The van der Waals surface area contributed by atoms with Crippen LogP contribution in [0.15, 0.2) is 49.1 Å². The quantitative estimate of drug-likeness (QED) is 0.610. The molecule has 0 fully saturated rings. The van der Waals surface area contributed by atoms with Crippen LogP contribution in [0.25, 0.3) is 5.69 Å². The van der Waals surface area contributed by atoms with Crippen LogP contribution in [-0.4, -0.2) is 44.8 Å². The molecule has 2 aromatic heterocycles. The van der Waals surface area contributed by atoms with Crippen molar-refractivity contribution >= 4 is 11.9 Å². The summed E-state index contributed by atoms with van der Waals surface area (Å²) < 4.78 is 44.7. The van der Waals surface area contributed by atoms with Crippen LogP contribution in [0.1, 0.15) is 21.7 Å². The molecule has 0 aliphatic heterocycles. The van der Waals surface area contributed by atoms with Crippen LogP contribution in [0.4, 0.5) is 13.2 Å². The predicted octanol–water partition coefficient (Wildman–Crippen LogP) is 2.13. The average Bonchev–Trinajstić information content (AvgIpc) is 3.38. The van der Waals surface area contributed by atoms with Crippen molar-refractivity contribution < 1.29 is 27.5 Å². The second kappa shape index (κ2) is 8.17. The zero-order valence-electron chi connectivity index (χ0n) is 15.1. The summed E-state index contributed by atoms with van der Waals surface area (Å²) in [7, 11) is 1.19. The number of nitrogens with zero attached hydrogens (tertiary/aromatic N) is 3. The Balaban J connectivity index is 1.83. The summed E-state index contributed by atoms with van der Waals surface area (Å²) in [4.78, 5) is 31.3. The van der Waals surface area contributed by atoms with E-state index in [4.69, 9.17) is 4.74 Å². The first-order valence-corrected chi connectivity index (χ1v) is 8.37. The molecule has 0 aliphatic carbocycles. The first-order valence-electron chi connectivity index (χ1n) is 8.37. The molecule has 0 spiro atoms. The minimum atomic E-state index is -4.60. The molecule has 2 heterocycles. The summed E-state index contributed by atoms with van der Waals surface area (Å²) in [5.41, 5.74) is -0.259. The highest BCUT2D eigenvalue weighted by atomic mass is 19.4. The van der Waals surface area contributed by atoms with Crippen LogP contribution in [0.3, 0.4) is 0 Å². The van der Waals surface area contributed by atoms with E-state index in [0.29, 0.717) is 10.4 Å². The third-order valence-corrected chi connectivity index (χ3v) is 4.06. The van der Waals surface area contributed by atoms with E-state index in [-0.39, 0.29) is 17.7 Å². The monoisotopic (exact) mass is 407 g/mol. The predicted molar refractivity (Wildman–Crippen MR) is 94.1 cm³/mol. The van der Waals surface area contributed by atoms with E-state index in [9.17, 15) is 22.8 Å². The van der Waals surface area contributed by atoms with Gasteiger partial charge in [-0.3, -0.25) is 4.79 Å². The van der Waals surface area contributed by atoms with Crippen LogP contribution in [0, 0.1) is 0 Å². The lowest BCUT2D eigenvalue weighted by Gasteiger charge is -2.16. The third kappa shape index (κ3) is 4.62. The van der Waals surface area contributed by atoms with Gasteiger partial charge < -0.3 is 15.0 Å². The molecule has 0 unspecified atom stereocenters. The van der Waals surface area contributed by atoms with Gasteiger partial charge in [-0.1, -0.05) is 6.07 Å². The lowest BCUT2D eigenvalue weighted by Crippen LogP contribution is -2.43. The van der Waals surface area contributed by atoms with E-state index in [2.05, 4.69) is 20.4 Å². The number of esters is 1. The molecule has 1 aromatic carbocycles. The van der Waals surface area contributed by atoms with E-state index in [1.807, 2.05) is 0 Å². The van der Waals surface area contributed by atoms with Crippen molar-refractivity contribution in [2.75, 3.05) is 7.11 Å². The Morgan fingerprint density at radius 1 is 1.31 bits per heavy atom. The fourth-order valence-electron chi connectivity index (χ4n) is 2.70. The van der Waals surface area contributed by atoms with Gasteiger partial charge in [-0.25, -0.2) is 14.5 Å². The van der Waals surface area contributed by atoms with Crippen molar-refractivity contribution in [1.82, 2.24) is 25.1 Å². The Bertz CT molecular complexity index is 998. The Kier molecular flexibility index (Phi) is 5.66. The van der Waals surface area contributed by atoms with E-state index in [1.165, 1.54) is 43.9 Å².